The van der Waals surface area contributed by atoms with E-state index >= 15 is 0 Å². The van der Waals surface area contributed by atoms with Crippen LogP contribution in [0.25, 0.3) is 22.3 Å². The summed E-state index contributed by atoms with van der Waals surface area (Å²) in [5.74, 6) is 0. The summed E-state index contributed by atoms with van der Waals surface area (Å²) >= 11 is 0. The van der Waals surface area contributed by atoms with E-state index in [9.17, 15) is 0 Å². The maximum atomic E-state index is 2.85. The van der Waals surface area contributed by atoms with Crippen molar-refractivity contribution in [2.75, 3.05) is 14.7 Å². The Kier molecular flexibility index (Phi) is 12.2. The van der Waals surface area contributed by atoms with E-state index < -0.39 is 0 Å². The molecular weight excluding hydrogens is 978 g/mol. The minimum atomic E-state index is -0.312. The van der Waals surface area contributed by atoms with Crippen LogP contribution in [0, 0.1) is 0 Å². The average Bonchev–Trinajstić information content (AvgIpc) is 2.27. The number of nitrogens with zero attached hydrogens (tertiary/aromatic N) is 3. The predicted molar refractivity (Wildman–Crippen MR) is 349 cm³/mol. The molecule has 0 bridgehead atoms. The highest BCUT2D eigenvalue weighted by Crippen LogP contribution is 2.65. The SMILES string of the molecule is CC(C)(C)c1ccc(N2c3ccccc3B3c4ccc(C(C)(C)C)cc4N(c4ccc(C(C)(C)C)cc4-c4ccccc4)c4cc(N5c6ccc(C(C)(C)C)cc6C6(c7ccccc7)CCCCC56C)cc2c43)c(-c2ccccc2)c1. The fourth-order valence-electron chi connectivity index (χ4n) is 14.8. The molecule has 0 amide bonds. The highest BCUT2D eigenvalue weighted by Gasteiger charge is 2.61. The normalized spacial score (nSPS) is 18.5. The number of para-hydroxylation sites is 1. The van der Waals surface area contributed by atoms with Gasteiger partial charge in [-0.25, -0.2) is 0 Å². The molecule has 3 heterocycles. The highest BCUT2D eigenvalue weighted by molar-refractivity contribution is 7.00. The first-order valence-corrected chi connectivity index (χ1v) is 30.0. The maximum Gasteiger partial charge on any atom is 0.252 e. The minimum Gasteiger partial charge on any atom is -0.334 e. The molecule has 3 nitrogen and oxygen atoms in total. The molecule has 9 aromatic carbocycles. The van der Waals surface area contributed by atoms with E-state index in [1.807, 2.05) is 0 Å². The van der Waals surface area contributed by atoms with Crippen LogP contribution < -0.4 is 31.1 Å². The van der Waals surface area contributed by atoms with E-state index in [0.29, 0.717) is 0 Å². The van der Waals surface area contributed by atoms with Crippen molar-refractivity contribution in [3.63, 3.8) is 0 Å². The zero-order chi connectivity index (χ0) is 56.6. The third kappa shape index (κ3) is 8.35. The first-order chi connectivity index (χ1) is 38.6. The first kappa shape index (κ1) is 52.8. The molecule has 9 aromatic rings. The van der Waals surface area contributed by atoms with Crippen LogP contribution in [0.1, 0.15) is 149 Å². The van der Waals surface area contributed by atoms with E-state index in [2.05, 4.69) is 305 Å². The fourth-order valence-corrected chi connectivity index (χ4v) is 14.8. The molecule has 2 unspecified atom stereocenters. The number of benzene rings is 9. The molecule has 4 heteroatoms. The van der Waals surface area contributed by atoms with Crippen LogP contribution >= 0.6 is 0 Å². The Labute approximate surface area is 484 Å². The van der Waals surface area contributed by atoms with Gasteiger partial charge in [0.15, 0.2) is 0 Å². The lowest BCUT2D eigenvalue weighted by Gasteiger charge is -2.53. The van der Waals surface area contributed by atoms with E-state index in [-0.39, 0.29) is 39.3 Å². The monoisotopic (exact) mass is 1060 g/mol. The number of hydrogen-bond acceptors (Lipinski definition) is 3. The second-order valence-corrected chi connectivity index (χ2v) is 28.3. The Morgan fingerprint density at radius 3 is 1.35 bits per heavy atom. The molecule has 0 saturated heterocycles. The van der Waals surface area contributed by atoms with Crippen molar-refractivity contribution in [3.8, 4) is 22.3 Å². The van der Waals surface area contributed by atoms with Gasteiger partial charge in [-0.3, -0.25) is 0 Å². The molecular formula is C77H80BN3. The van der Waals surface area contributed by atoms with E-state index in [0.717, 1.165) is 19.3 Å². The van der Waals surface area contributed by atoms with Crippen molar-refractivity contribution in [2.45, 2.75) is 148 Å². The third-order valence-electron chi connectivity index (χ3n) is 19.2. The van der Waals surface area contributed by atoms with Gasteiger partial charge in [-0.05, 0) is 157 Å². The lowest BCUT2D eigenvalue weighted by Crippen LogP contribution is -2.61. The van der Waals surface area contributed by atoms with E-state index in [4.69, 9.17) is 0 Å². The quantitative estimate of drug-likeness (QED) is 0.154. The molecule has 13 rings (SSSR count). The van der Waals surface area contributed by atoms with E-state index in [1.54, 1.807) is 0 Å². The lowest BCUT2D eigenvalue weighted by atomic mass is 9.33. The summed E-state index contributed by atoms with van der Waals surface area (Å²) in [4.78, 5) is 8.23. The molecule has 1 fully saturated rings. The predicted octanol–water partition coefficient (Wildman–Crippen LogP) is 19.1. The number of fused-ring (bicyclic) bond motifs is 7. The van der Waals surface area contributed by atoms with Crippen LogP contribution in [-0.2, 0) is 27.1 Å². The van der Waals surface area contributed by atoms with Gasteiger partial charge in [-0.2, -0.15) is 0 Å². The number of hydrogen-bond donors (Lipinski definition) is 0. The number of rotatable bonds is 6. The van der Waals surface area contributed by atoms with Crippen molar-refractivity contribution in [2.24, 2.45) is 0 Å². The van der Waals surface area contributed by atoms with Crippen molar-refractivity contribution in [3.05, 3.63) is 234 Å². The standard InChI is InChI=1S/C77H80BN3/c1-72(2,3)54-36-40-64(59(45-54)51-27-17-14-18-28-51)79-67-34-24-23-33-62(67)78-63-39-35-57(75(10,11)12)48-68(63)80(65-41-37-55(73(4,5)6)46-60(65)52-29-19-15-20-30-52)70-50-58(49-69(79)71(70)78)81-66-42-38-56(74(7,8)9)47-61(66)77(53-31-21-16-22-32-53)44-26-25-43-76(77,81)13/h14-24,27-42,45-50H,25-26,43-44H2,1-13H3. The molecule has 0 N–H and O–H groups in total. The van der Waals surface area contributed by atoms with Gasteiger partial charge in [-0.15, -0.1) is 0 Å². The average molecular weight is 1060 g/mol. The van der Waals surface area contributed by atoms with Gasteiger partial charge in [0.1, 0.15) is 0 Å². The minimum absolute atomic E-state index is 0.0257. The molecule has 1 saturated carbocycles. The topological polar surface area (TPSA) is 9.72 Å². The Bertz CT molecular complexity index is 3910. The second kappa shape index (κ2) is 18.7. The van der Waals surface area contributed by atoms with Gasteiger partial charge in [0.05, 0.1) is 16.9 Å². The van der Waals surface area contributed by atoms with Gasteiger partial charge >= 0.3 is 0 Å². The summed E-state index contributed by atoms with van der Waals surface area (Å²) < 4.78 is 0. The van der Waals surface area contributed by atoms with Gasteiger partial charge in [0.2, 0.25) is 0 Å². The molecule has 0 aromatic heterocycles. The molecule has 406 valence electrons. The summed E-state index contributed by atoms with van der Waals surface area (Å²) in [6, 6.07) is 78.2. The van der Waals surface area contributed by atoms with Crippen LogP contribution in [0.4, 0.5) is 45.5 Å². The van der Waals surface area contributed by atoms with Crippen LogP contribution in [0.3, 0.4) is 0 Å². The molecule has 1 aliphatic carbocycles. The molecule has 81 heavy (non-hydrogen) atoms. The van der Waals surface area contributed by atoms with Crippen LogP contribution in [0.5, 0.6) is 0 Å². The van der Waals surface area contributed by atoms with Crippen LogP contribution in [-0.4, -0.2) is 12.3 Å². The van der Waals surface area contributed by atoms with E-state index in [1.165, 1.54) is 124 Å². The fraction of sp³-hybridized carbons (Fsp3) is 0.299. The highest BCUT2D eigenvalue weighted by atomic mass is 15.3. The summed E-state index contributed by atoms with van der Waals surface area (Å²) in [5.41, 5.74) is 26.1. The van der Waals surface area contributed by atoms with Gasteiger partial charge in [0.25, 0.3) is 6.71 Å². The second-order valence-electron chi connectivity index (χ2n) is 28.3. The Balaban J connectivity index is 1.20. The van der Waals surface area contributed by atoms with Crippen LogP contribution in [0.2, 0.25) is 0 Å². The smallest absolute Gasteiger partial charge is 0.252 e. The Hall–Kier alpha value is -7.56. The van der Waals surface area contributed by atoms with Gasteiger partial charge in [0, 0.05) is 50.7 Å². The van der Waals surface area contributed by atoms with Gasteiger partial charge in [-0.1, -0.05) is 242 Å². The maximum absolute atomic E-state index is 2.85. The molecule has 3 aliphatic heterocycles. The summed E-state index contributed by atoms with van der Waals surface area (Å²) in [6.07, 6.45) is 4.49. The van der Waals surface area contributed by atoms with Crippen molar-refractivity contribution < 1.29 is 0 Å². The summed E-state index contributed by atoms with van der Waals surface area (Å²) in [5, 5.41) is 0. The molecule has 2 atom stereocenters. The third-order valence-corrected chi connectivity index (χ3v) is 19.2. The Morgan fingerprint density at radius 2 is 0.802 bits per heavy atom. The van der Waals surface area contributed by atoms with Gasteiger partial charge < -0.3 is 14.7 Å². The lowest BCUT2D eigenvalue weighted by molar-refractivity contribution is 0.215. The first-order valence-electron chi connectivity index (χ1n) is 30.0. The summed E-state index contributed by atoms with van der Waals surface area (Å²) in [7, 11) is 0. The zero-order valence-electron chi connectivity index (χ0n) is 50.3. The summed E-state index contributed by atoms with van der Waals surface area (Å²) in [6.45, 7) is 30.8. The number of anilines is 8. The molecule has 4 aliphatic rings. The molecule has 0 radical (unpaired) electrons. The van der Waals surface area contributed by atoms with Crippen molar-refractivity contribution in [1.82, 2.24) is 0 Å². The van der Waals surface area contributed by atoms with Crippen LogP contribution in [0.15, 0.2) is 200 Å². The zero-order valence-corrected chi connectivity index (χ0v) is 50.3. The largest absolute Gasteiger partial charge is 0.334 e. The molecule has 0 spiro atoms. The van der Waals surface area contributed by atoms with Crippen molar-refractivity contribution >= 4 is 68.6 Å². The van der Waals surface area contributed by atoms with Crippen molar-refractivity contribution in [1.29, 1.82) is 0 Å². The Morgan fingerprint density at radius 1 is 0.370 bits per heavy atom.